The van der Waals surface area contributed by atoms with E-state index in [4.69, 9.17) is 0 Å². The molecule has 0 saturated heterocycles. The van der Waals surface area contributed by atoms with Crippen molar-refractivity contribution in [2.24, 2.45) is 23.2 Å². The molecule has 0 unspecified atom stereocenters. The van der Waals surface area contributed by atoms with Gasteiger partial charge < -0.3 is 10.6 Å². The van der Waals surface area contributed by atoms with Crippen molar-refractivity contribution < 1.29 is 9.59 Å². The third-order valence-electron chi connectivity index (χ3n) is 6.92. The molecule has 4 bridgehead atoms. The number of para-hydroxylation sites is 1. The zero-order valence-corrected chi connectivity index (χ0v) is 16.9. The number of carbonyl (C=O) groups is 2. The van der Waals surface area contributed by atoms with E-state index in [0.29, 0.717) is 13.0 Å². The first-order valence-electron chi connectivity index (χ1n) is 10.4. The molecule has 0 aliphatic heterocycles. The largest absolute Gasteiger partial charge is 0.348 e. The molecule has 1 aromatic heterocycles. The van der Waals surface area contributed by atoms with Crippen molar-refractivity contribution in [2.45, 2.75) is 51.5 Å². The van der Waals surface area contributed by atoms with Gasteiger partial charge in [-0.25, -0.2) is 4.98 Å². The molecule has 2 aromatic rings. The Morgan fingerprint density at radius 1 is 1.00 bits per heavy atom. The Kier molecular flexibility index (Phi) is 4.62. The summed E-state index contributed by atoms with van der Waals surface area (Å²) in [5.41, 5.74) is 1.18. The van der Waals surface area contributed by atoms with E-state index in [-0.39, 0.29) is 23.8 Å². The molecule has 2 N–H and O–H groups in total. The van der Waals surface area contributed by atoms with E-state index < -0.39 is 0 Å². The zero-order chi connectivity index (χ0) is 19.1. The van der Waals surface area contributed by atoms with Crippen LogP contribution in [-0.2, 0) is 16.1 Å². The number of hydrogen-bond donors (Lipinski definition) is 2. The Labute approximate surface area is 169 Å². The van der Waals surface area contributed by atoms with Gasteiger partial charge in [0.15, 0.2) is 0 Å². The third-order valence-corrected chi connectivity index (χ3v) is 7.96. The third kappa shape index (κ3) is 3.66. The smallest absolute Gasteiger partial charge is 0.239 e. The highest BCUT2D eigenvalue weighted by molar-refractivity contribution is 7.18. The fraction of sp³-hybridized carbons (Fsp3) is 0.591. The summed E-state index contributed by atoms with van der Waals surface area (Å²) in [5, 5.41) is 6.61. The molecule has 0 spiro atoms. The lowest BCUT2D eigenvalue weighted by Crippen LogP contribution is -2.48. The summed E-state index contributed by atoms with van der Waals surface area (Å²) < 4.78 is 1.12. The predicted molar refractivity (Wildman–Crippen MR) is 110 cm³/mol. The molecule has 2 amide bonds. The van der Waals surface area contributed by atoms with Gasteiger partial charge >= 0.3 is 0 Å². The Hall–Kier alpha value is -1.95. The fourth-order valence-electron chi connectivity index (χ4n) is 6.32. The maximum atomic E-state index is 12.5. The molecule has 4 saturated carbocycles. The van der Waals surface area contributed by atoms with Crippen molar-refractivity contribution in [2.75, 3.05) is 6.54 Å². The van der Waals surface area contributed by atoms with Crippen molar-refractivity contribution in [3.63, 3.8) is 0 Å². The predicted octanol–water partition coefficient (Wildman–Crippen LogP) is 3.64. The summed E-state index contributed by atoms with van der Waals surface area (Å²) >= 11 is 1.59. The highest BCUT2D eigenvalue weighted by atomic mass is 32.1. The Morgan fingerprint density at radius 2 is 1.68 bits per heavy atom. The summed E-state index contributed by atoms with van der Waals surface area (Å²) in [6.07, 6.45) is 8.41. The molecule has 0 atom stereocenters. The molecule has 1 aromatic carbocycles. The lowest BCUT2D eigenvalue weighted by molar-refractivity contribution is -0.131. The maximum Gasteiger partial charge on any atom is 0.239 e. The summed E-state index contributed by atoms with van der Waals surface area (Å²) in [4.78, 5) is 29.2. The minimum Gasteiger partial charge on any atom is -0.348 e. The van der Waals surface area contributed by atoms with Gasteiger partial charge in [0.2, 0.25) is 11.8 Å². The molecule has 0 radical (unpaired) electrons. The van der Waals surface area contributed by atoms with Crippen molar-refractivity contribution in [1.29, 1.82) is 0 Å². The normalized spacial score (nSPS) is 30.5. The molecule has 28 heavy (non-hydrogen) atoms. The molecule has 4 fully saturated rings. The van der Waals surface area contributed by atoms with Gasteiger partial charge in [0.05, 0.1) is 23.3 Å². The summed E-state index contributed by atoms with van der Waals surface area (Å²) in [6, 6.07) is 7.96. The van der Waals surface area contributed by atoms with E-state index in [0.717, 1.165) is 33.0 Å². The topological polar surface area (TPSA) is 71.1 Å². The minimum atomic E-state index is -0.155. The Morgan fingerprint density at radius 3 is 2.36 bits per heavy atom. The first-order chi connectivity index (χ1) is 13.6. The quantitative estimate of drug-likeness (QED) is 0.782. The van der Waals surface area contributed by atoms with Gasteiger partial charge in [-0.05, 0) is 73.8 Å². The standard InChI is InChI=1S/C22H27N3O2S/c26-19(11-22-8-14-5-15(9-22)7-16(6-14)10-22)23-12-20(27)24-13-21-25-17-3-1-2-4-18(17)28-21/h1-4,14-16H,5-13H2,(H,23,26)(H,24,27). The second kappa shape index (κ2) is 7.14. The number of aromatic nitrogens is 1. The second-order valence-corrected chi connectivity index (χ2v) is 10.3. The highest BCUT2D eigenvalue weighted by Gasteiger charge is 2.51. The van der Waals surface area contributed by atoms with Gasteiger partial charge in [0.25, 0.3) is 0 Å². The molecule has 1 heterocycles. The van der Waals surface area contributed by atoms with Crippen molar-refractivity contribution >= 4 is 33.4 Å². The number of benzene rings is 1. The van der Waals surface area contributed by atoms with E-state index in [2.05, 4.69) is 15.6 Å². The van der Waals surface area contributed by atoms with E-state index in [1.807, 2.05) is 24.3 Å². The molecule has 4 aliphatic rings. The Balaban J connectivity index is 1.09. The van der Waals surface area contributed by atoms with Crippen molar-refractivity contribution in [1.82, 2.24) is 15.6 Å². The molecule has 6 rings (SSSR count). The van der Waals surface area contributed by atoms with Gasteiger partial charge in [-0.2, -0.15) is 0 Å². The zero-order valence-electron chi connectivity index (χ0n) is 16.1. The summed E-state index contributed by atoms with van der Waals surface area (Å²) in [6.45, 7) is 0.457. The lowest BCUT2D eigenvalue weighted by atomic mass is 9.49. The first kappa shape index (κ1) is 18.1. The summed E-state index contributed by atoms with van der Waals surface area (Å²) in [5.74, 6) is 2.42. The molecular formula is C22H27N3O2S. The molecular weight excluding hydrogens is 370 g/mol. The van der Waals surface area contributed by atoms with Crippen LogP contribution in [0.5, 0.6) is 0 Å². The van der Waals surface area contributed by atoms with E-state index in [1.54, 1.807) is 11.3 Å². The Bertz CT molecular complexity index is 838. The molecule has 5 nitrogen and oxygen atoms in total. The van der Waals surface area contributed by atoms with Gasteiger partial charge in [-0.1, -0.05) is 12.1 Å². The van der Waals surface area contributed by atoms with Crippen LogP contribution in [0.2, 0.25) is 0 Å². The van der Waals surface area contributed by atoms with E-state index in [1.165, 1.54) is 38.5 Å². The van der Waals surface area contributed by atoms with Gasteiger partial charge in [-0.3, -0.25) is 9.59 Å². The number of nitrogens with zero attached hydrogens (tertiary/aromatic N) is 1. The SMILES string of the molecule is O=C(CNC(=O)CC12CC3CC(CC(C3)C1)C2)NCc1nc2ccccc2s1. The molecule has 148 valence electrons. The molecule has 6 heteroatoms. The number of amides is 2. The van der Waals surface area contributed by atoms with Crippen molar-refractivity contribution in [3.05, 3.63) is 29.3 Å². The minimum absolute atomic E-state index is 0.0390. The van der Waals surface area contributed by atoms with E-state index >= 15 is 0 Å². The van der Waals surface area contributed by atoms with Crippen LogP contribution in [0.3, 0.4) is 0 Å². The number of nitrogens with one attached hydrogen (secondary N) is 2. The maximum absolute atomic E-state index is 12.5. The first-order valence-corrected chi connectivity index (χ1v) is 11.3. The van der Waals surface area contributed by atoms with Gasteiger partial charge in [0.1, 0.15) is 5.01 Å². The number of hydrogen-bond acceptors (Lipinski definition) is 4. The van der Waals surface area contributed by atoms with Crippen LogP contribution in [0.15, 0.2) is 24.3 Å². The number of carbonyl (C=O) groups excluding carboxylic acids is 2. The average Bonchev–Trinajstić information content (AvgIpc) is 3.06. The highest BCUT2D eigenvalue weighted by Crippen LogP contribution is 2.61. The lowest BCUT2D eigenvalue weighted by Gasteiger charge is -2.56. The van der Waals surface area contributed by atoms with Crippen LogP contribution in [0.4, 0.5) is 0 Å². The van der Waals surface area contributed by atoms with Crippen LogP contribution in [0.25, 0.3) is 10.2 Å². The second-order valence-electron chi connectivity index (χ2n) is 9.22. The van der Waals surface area contributed by atoms with Crippen LogP contribution >= 0.6 is 11.3 Å². The van der Waals surface area contributed by atoms with Crippen LogP contribution in [0.1, 0.15) is 50.0 Å². The van der Waals surface area contributed by atoms with Crippen molar-refractivity contribution in [3.8, 4) is 0 Å². The summed E-state index contributed by atoms with van der Waals surface area (Å²) in [7, 11) is 0. The molecule has 4 aliphatic carbocycles. The monoisotopic (exact) mass is 397 g/mol. The number of fused-ring (bicyclic) bond motifs is 1. The van der Waals surface area contributed by atoms with Gasteiger partial charge in [-0.15, -0.1) is 11.3 Å². The van der Waals surface area contributed by atoms with Crippen LogP contribution in [-0.4, -0.2) is 23.3 Å². The van der Waals surface area contributed by atoms with Crippen LogP contribution < -0.4 is 10.6 Å². The number of thiazole rings is 1. The average molecular weight is 398 g/mol. The van der Waals surface area contributed by atoms with Gasteiger partial charge in [0, 0.05) is 6.42 Å². The van der Waals surface area contributed by atoms with E-state index in [9.17, 15) is 9.59 Å². The van der Waals surface area contributed by atoms with Crippen LogP contribution in [0, 0.1) is 23.2 Å². The fourth-order valence-corrected chi connectivity index (χ4v) is 7.23. The number of rotatable bonds is 6.